The lowest BCUT2D eigenvalue weighted by Crippen LogP contribution is -2.47. The van der Waals surface area contributed by atoms with Crippen LogP contribution in [0, 0.1) is 11.3 Å². The summed E-state index contributed by atoms with van der Waals surface area (Å²) in [5, 5.41) is 19.4. The predicted octanol–water partition coefficient (Wildman–Crippen LogP) is -0.442. The van der Waals surface area contributed by atoms with Crippen molar-refractivity contribution in [2.24, 2.45) is 0 Å². The summed E-state index contributed by atoms with van der Waals surface area (Å²) in [6.45, 7) is 0.174. The van der Waals surface area contributed by atoms with Gasteiger partial charge in [-0.3, -0.25) is 4.79 Å². The number of esters is 1. The zero-order valence-electron chi connectivity index (χ0n) is 10.2. The fourth-order valence-corrected chi connectivity index (χ4v) is 1.03. The fourth-order valence-electron chi connectivity index (χ4n) is 1.03. The lowest BCUT2D eigenvalue weighted by atomic mass is 10.2. The van der Waals surface area contributed by atoms with Crippen molar-refractivity contribution in [3.05, 3.63) is 0 Å². The van der Waals surface area contributed by atoms with Gasteiger partial charge in [0.25, 0.3) is 0 Å². The second-order valence-corrected chi connectivity index (χ2v) is 3.45. The smallest absolute Gasteiger partial charge is 0.326 e. The highest BCUT2D eigenvalue weighted by Gasteiger charge is 2.24. The van der Waals surface area contributed by atoms with Crippen molar-refractivity contribution in [2.75, 3.05) is 20.7 Å². The van der Waals surface area contributed by atoms with E-state index in [0.717, 1.165) is 12.0 Å². The zero-order valence-corrected chi connectivity index (χ0v) is 10.2. The van der Waals surface area contributed by atoms with Crippen LogP contribution in [0.3, 0.4) is 0 Å². The van der Waals surface area contributed by atoms with Crippen LogP contribution in [0.1, 0.15) is 12.8 Å². The molecule has 8 heteroatoms. The molecule has 0 spiro atoms. The summed E-state index contributed by atoms with van der Waals surface area (Å²) in [4.78, 5) is 34.5. The minimum atomic E-state index is -1.35. The Balaban J connectivity index is 4.41. The van der Waals surface area contributed by atoms with Crippen LogP contribution in [0.4, 0.5) is 4.79 Å². The molecule has 0 bridgehead atoms. The van der Waals surface area contributed by atoms with E-state index < -0.39 is 30.4 Å². The molecule has 0 aliphatic carbocycles. The number of carbonyl (C=O) groups is 3. The summed E-state index contributed by atoms with van der Waals surface area (Å²) in [5.74, 6) is -2.06. The number of nitriles is 1. The molecule has 0 radical (unpaired) electrons. The number of amides is 2. The van der Waals surface area contributed by atoms with E-state index in [1.165, 1.54) is 7.05 Å². The summed E-state index contributed by atoms with van der Waals surface area (Å²) in [6, 6.07) is -0.159. The Labute approximate surface area is 104 Å². The van der Waals surface area contributed by atoms with Crippen LogP contribution in [0.15, 0.2) is 0 Å². The van der Waals surface area contributed by atoms with Gasteiger partial charge in [0.15, 0.2) is 0 Å². The van der Waals surface area contributed by atoms with Gasteiger partial charge in [0.1, 0.15) is 6.04 Å². The van der Waals surface area contributed by atoms with Crippen molar-refractivity contribution >= 4 is 18.0 Å². The normalized spacial score (nSPS) is 10.9. The van der Waals surface area contributed by atoms with Gasteiger partial charge in [-0.05, 0) is 0 Å². The second kappa shape index (κ2) is 7.89. The first-order valence-corrected chi connectivity index (χ1v) is 5.10. The maximum Gasteiger partial charge on any atom is 0.326 e. The fraction of sp³-hybridized carbons (Fsp3) is 0.600. The third-order valence-corrected chi connectivity index (χ3v) is 2.10. The summed E-state index contributed by atoms with van der Waals surface area (Å²) < 4.78 is 4.33. The van der Waals surface area contributed by atoms with Gasteiger partial charge in [-0.1, -0.05) is 0 Å². The van der Waals surface area contributed by atoms with Gasteiger partial charge in [0, 0.05) is 13.6 Å². The molecule has 0 saturated heterocycles. The van der Waals surface area contributed by atoms with Crippen LogP contribution in [0.2, 0.25) is 0 Å². The van der Waals surface area contributed by atoms with Crippen molar-refractivity contribution in [3.8, 4) is 6.07 Å². The van der Waals surface area contributed by atoms with Crippen molar-refractivity contribution < 1.29 is 24.2 Å². The van der Waals surface area contributed by atoms with Crippen LogP contribution < -0.4 is 5.32 Å². The SMILES string of the molecule is COC(=O)C[C@H](NC(=O)N(C)CCC#N)C(=O)O. The van der Waals surface area contributed by atoms with Gasteiger partial charge in [-0.25, -0.2) is 9.59 Å². The number of methoxy groups -OCH3 is 1. The molecule has 1 atom stereocenters. The summed E-state index contributed by atoms with van der Waals surface area (Å²) in [5.41, 5.74) is 0. The molecule has 0 aromatic heterocycles. The first kappa shape index (κ1) is 15.7. The van der Waals surface area contributed by atoms with E-state index in [0.29, 0.717) is 0 Å². The Kier molecular flexibility index (Phi) is 6.88. The number of hydrogen-bond donors (Lipinski definition) is 2. The molecule has 0 rings (SSSR count). The van der Waals surface area contributed by atoms with Gasteiger partial charge in [-0.15, -0.1) is 0 Å². The average Bonchev–Trinajstić information content (AvgIpc) is 2.34. The van der Waals surface area contributed by atoms with E-state index in [-0.39, 0.29) is 13.0 Å². The molecule has 0 aromatic carbocycles. The molecule has 18 heavy (non-hydrogen) atoms. The molecule has 2 amide bonds. The largest absolute Gasteiger partial charge is 0.480 e. The van der Waals surface area contributed by atoms with Crippen molar-refractivity contribution in [3.63, 3.8) is 0 Å². The first-order chi connectivity index (χ1) is 8.42. The van der Waals surface area contributed by atoms with Crippen LogP contribution in [-0.2, 0) is 14.3 Å². The highest BCUT2D eigenvalue weighted by Crippen LogP contribution is 1.97. The van der Waals surface area contributed by atoms with Crippen LogP contribution in [0.25, 0.3) is 0 Å². The molecule has 0 aliphatic rings. The molecular formula is C10H15N3O5. The van der Waals surface area contributed by atoms with E-state index in [4.69, 9.17) is 10.4 Å². The Bertz CT molecular complexity index is 363. The number of carboxylic acids is 1. The number of nitrogens with zero attached hydrogens (tertiary/aromatic N) is 2. The number of carbonyl (C=O) groups excluding carboxylic acids is 2. The third-order valence-electron chi connectivity index (χ3n) is 2.10. The number of carboxylic acid groups (broad SMARTS) is 1. The van der Waals surface area contributed by atoms with Gasteiger partial charge in [0.05, 0.1) is 26.0 Å². The van der Waals surface area contributed by atoms with E-state index >= 15 is 0 Å². The van der Waals surface area contributed by atoms with Crippen molar-refractivity contribution in [1.82, 2.24) is 10.2 Å². The van der Waals surface area contributed by atoms with Crippen LogP contribution >= 0.6 is 0 Å². The van der Waals surface area contributed by atoms with Gasteiger partial charge >= 0.3 is 18.0 Å². The number of nitrogens with one attached hydrogen (secondary N) is 1. The number of rotatable bonds is 6. The van der Waals surface area contributed by atoms with Gasteiger partial charge in [0.2, 0.25) is 0 Å². The molecule has 0 heterocycles. The maximum absolute atomic E-state index is 11.5. The molecule has 0 aromatic rings. The Morgan fingerprint density at radius 2 is 2.11 bits per heavy atom. The minimum absolute atomic E-state index is 0.138. The molecule has 100 valence electrons. The number of aliphatic carboxylic acids is 1. The summed E-state index contributed by atoms with van der Waals surface area (Å²) >= 11 is 0. The molecular weight excluding hydrogens is 242 g/mol. The standard InChI is InChI=1S/C10H15N3O5/c1-13(5-3-4-11)10(17)12-7(9(15)16)6-8(14)18-2/h7H,3,5-6H2,1-2H3,(H,12,17)(H,15,16)/t7-/m0/s1. The molecule has 0 unspecified atom stereocenters. The van der Waals surface area contributed by atoms with E-state index in [1.54, 1.807) is 0 Å². The Morgan fingerprint density at radius 1 is 1.50 bits per heavy atom. The maximum atomic E-state index is 11.5. The molecule has 8 nitrogen and oxygen atoms in total. The average molecular weight is 257 g/mol. The molecule has 0 fully saturated rings. The topological polar surface area (TPSA) is 120 Å². The number of ether oxygens (including phenoxy) is 1. The molecule has 2 N–H and O–H groups in total. The van der Waals surface area contributed by atoms with E-state index in [9.17, 15) is 14.4 Å². The monoisotopic (exact) mass is 257 g/mol. The highest BCUT2D eigenvalue weighted by molar-refractivity contribution is 5.86. The lowest BCUT2D eigenvalue weighted by Gasteiger charge is -2.19. The Hall–Kier alpha value is -2.30. The minimum Gasteiger partial charge on any atom is -0.480 e. The van der Waals surface area contributed by atoms with Crippen LogP contribution in [0.5, 0.6) is 0 Å². The predicted molar refractivity (Wildman–Crippen MR) is 59.4 cm³/mol. The summed E-state index contributed by atoms with van der Waals surface area (Å²) in [6.07, 6.45) is -0.317. The van der Waals surface area contributed by atoms with Gasteiger partial charge < -0.3 is 20.1 Å². The van der Waals surface area contributed by atoms with Crippen molar-refractivity contribution in [1.29, 1.82) is 5.26 Å². The lowest BCUT2D eigenvalue weighted by molar-refractivity contribution is -0.147. The highest BCUT2D eigenvalue weighted by atomic mass is 16.5. The van der Waals surface area contributed by atoms with E-state index in [2.05, 4.69) is 10.1 Å². The molecule has 0 aliphatic heterocycles. The first-order valence-electron chi connectivity index (χ1n) is 5.10. The van der Waals surface area contributed by atoms with E-state index in [1.807, 2.05) is 6.07 Å². The number of hydrogen-bond acceptors (Lipinski definition) is 5. The van der Waals surface area contributed by atoms with Crippen molar-refractivity contribution in [2.45, 2.75) is 18.9 Å². The van der Waals surface area contributed by atoms with Gasteiger partial charge in [-0.2, -0.15) is 5.26 Å². The van der Waals surface area contributed by atoms with Crippen LogP contribution in [-0.4, -0.2) is 54.7 Å². The second-order valence-electron chi connectivity index (χ2n) is 3.45. The quantitative estimate of drug-likeness (QED) is 0.622. The zero-order chi connectivity index (χ0) is 14.1. The third kappa shape index (κ3) is 5.69. The number of urea groups is 1. The molecule has 0 saturated carbocycles. The Morgan fingerprint density at radius 3 is 2.56 bits per heavy atom. The summed E-state index contributed by atoms with van der Waals surface area (Å²) in [7, 11) is 2.55.